The average Bonchev–Trinajstić information content (AvgIpc) is 2.70. The van der Waals surface area contributed by atoms with Gasteiger partial charge in [0, 0.05) is 31.0 Å². The van der Waals surface area contributed by atoms with E-state index in [9.17, 15) is 9.59 Å². The fourth-order valence-corrected chi connectivity index (χ4v) is 2.80. The molecule has 1 saturated heterocycles. The molecule has 0 aromatic heterocycles. The summed E-state index contributed by atoms with van der Waals surface area (Å²) >= 11 is 0. The molecule has 1 heterocycles. The van der Waals surface area contributed by atoms with Crippen LogP contribution in [0.2, 0.25) is 0 Å². The molecule has 3 rings (SSSR count). The van der Waals surface area contributed by atoms with Crippen molar-refractivity contribution in [2.75, 3.05) is 43.1 Å². The van der Waals surface area contributed by atoms with Crippen molar-refractivity contribution in [2.24, 2.45) is 0 Å². The highest BCUT2D eigenvalue weighted by molar-refractivity contribution is 6.39. The molecular weight excluding hydrogens is 330 g/mol. The van der Waals surface area contributed by atoms with Crippen LogP contribution in [-0.4, -0.2) is 44.7 Å². The number of morpholine rings is 1. The number of hydrogen-bond acceptors (Lipinski definition) is 4. The van der Waals surface area contributed by atoms with Crippen LogP contribution < -0.4 is 15.5 Å². The summed E-state index contributed by atoms with van der Waals surface area (Å²) in [5.41, 5.74) is 2.90. The van der Waals surface area contributed by atoms with Crippen molar-refractivity contribution in [3.05, 3.63) is 60.2 Å². The molecule has 0 spiro atoms. The van der Waals surface area contributed by atoms with Gasteiger partial charge in [-0.25, -0.2) is 0 Å². The lowest BCUT2D eigenvalue weighted by Gasteiger charge is -2.28. The second-order valence-corrected chi connectivity index (χ2v) is 6.09. The van der Waals surface area contributed by atoms with E-state index in [0.717, 1.165) is 31.9 Å². The minimum Gasteiger partial charge on any atom is -0.378 e. The number of para-hydroxylation sites is 1. The number of hydrogen-bond donors (Lipinski definition) is 2. The lowest BCUT2D eigenvalue weighted by atomic mass is 10.1. The predicted molar refractivity (Wildman–Crippen MR) is 101 cm³/mol. The molecule has 1 aliphatic rings. The van der Waals surface area contributed by atoms with Crippen LogP contribution in [0.15, 0.2) is 54.6 Å². The van der Waals surface area contributed by atoms with Gasteiger partial charge >= 0.3 is 11.8 Å². The number of carbonyl (C=O) groups is 2. The number of carbonyl (C=O) groups excluding carboxylic acids is 2. The maximum absolute atomic E-state index is 11.9. The van der Waals surface area contributed by atoms with Crippen molar-refractivity contribution < 1.29 is 14.3 Å². The molecule has 0 radical (unpaired) electrons. The summed E-state index contributed by atoms with van der Waals surface area (Å²) in [6.07, 6.45) is 0.674. The highest BCUT2D eigenvalue weighted by Gasteiger charge is 2.13. The highest BCUT2D eigenvalue weighted by atomic mass is 16.5. The Morgan fingerprint density at radius 1 is 0.923 bits per heavy atom. The first-order valence-corrected chi connectivity index (χ1v) is 8.78. The quantitative estimate of drug-likeness (QED) is 0.805. The lowest BCUT2D eigenvalue weighted by Crippen LogP contribution is -2.36. The molecule has 2 amide bonds. The van der Waals surface area contributed by atoms with Gasteiger partial charge in [-0.05, 0) is 36.2 Å². The van der Waals surface area contributed by atoms with Crippen molar-refractivity contribution >= 4 is 23.2 Å². The van der Waals surface area contributed by atoms with Gasteiger partial charge in [0.15, 0.2) is 0 Å². The van der Waals surface area contributed by atoms with Crippen molar-refractivity contribution in [1.82, 2.24) is 5.32 Å². The molecule has 2 aromatic rings. The van der Waals surface area contributed by atoms with Crippen LogP contribution in [-0.2, 0) is 20.7 Å². The zero-order valence-electron chi connectivity index (χ0n) is 14.6. The van der Waals surface area contributed by atoms with Crippen LogP contribution in [0, 0.1) is 0 Å². The Bertz CT molecular complexity index is 726. The Kier molecular flexibility index (Phi) is 6.22. The summed E-state index contributed by atoms with van der Waals surface area (Å²) in [6, 6.07) is 17.2. The largest absolute Gasteiger partial charge is 0.378 e. The predicted octanol–water partition coefficient (Wildman–Crippen LogP) is 1.82. The van der Waals surface area contributed by atoms with Crippen molar-refractivity contribution in [3.8, 4) is 0 Å². The number of anilines is 2. The molecule has 0 unspecified atom stereocenters. The van der Waals surface area contributed by atoms with Gasteiger partial charge in [-0.2, -0.15) is 0 Å². The molecule has 136 valence electrons. The van der Waals surface area contributed by atoms with Gasteiger partial charge in [0.25, 0.3) is 0 Å². The fraction of sp³-hybridized carbons (Fsp3) is 0.300. The minimum atomic E-state index is -0.654. The normalized spacial score (nSPS) is 13.9. The third kappa shape index (κ3) is 5.07. The molecule has 1 fully saturated rings. The average molecular weight is 353 g/mol. The number of amides is 2. The molecule has 6 heteroatoms. The van der Waals surface area contributed by atoms with E-state index >= 15 is 0 Å². The monoisotopic (exact) mass is 353 g/mol. The van der Waals surface area contributed by atoms with Crippen LogP contribution in [0.25, 0.3) is 0 Å². The van der Waals surface area contributed by atoms with E-state index in [1.807, 2.05) is 6.07 Å². The zero-order chi connectivity index (χ0) is 18.2. The number of nitrogens with zero attached hydrogens (tertiary/aromatic N) is 1. The molecule has 0 bridgehead atoms. The molecule has 6 nitrogen and oxygen atoms in total. The summed E-state index contributed by atoms with van der Waals surface area (Å²) in [5.74, 6) is -1.28. The summed E-state index contributed by atoms with van der Waals surface area (Å²) in [7, 11) is 0. The van der Waals surface area contributed by atoms with Gasteiger partial charge in [-0.3, -0.25) is 9.59 Å². The molecule has 0 atom stereocenters. The van der Waals surface area contributed by atoms with Crippen LogP contribution >= 0.6 is 0 Å². The molecule has 0 saturated carbocycles. The Hall–Kier alpha value is -2.86. The number of nitrogens with one attached hydrogen (secondary N) is 2. The maximum atomic E-state index is 11.9. The van der Waals surface area contributed by atoms with E-state index in [0.29, 0.717) is 18.7 Å². The Labute approximate surface area is 153 Å². The number of ether oxygens (including phenoxy) is 1. The molecule has 1 aliphatic heterocycles. The molecule has 2 N–H and O–H groups in total. The van der Waals surface area contributed by atoms with Gasteiger partial charge < -0.3 is 20.3 Å². The molecular formula is C20H23N3O3. The van der Waals surface area contributed by atoms with Gasteiger partial charge in [0.1, 0.15) is 0 Å². The van der Waals surface area contributed by atoms with Crippen molar-refractivity contribution in [2.45, 2.75) is 6.42 Å². The Morgan fingerprint density at radius 2 is 1.62 bits per heavy atom. The first-order valence-electron chi connectivity index (χ1n) is 8.78. The Morgan fingerprint density at radius 3 is 2.31 bits per heavy atom. The van der Waals surface area contributed by atoms with E-state index in [-0.39, 0.29) is 0 Å². The molecule has 0 aliphatic carbocycles. The third-order valence-electron chi connectivity index (χ3n) is 4.25. The summed E-state index contributed by atoms with van der Waals surface area (Å²) in [4.78, 5) is 26.0. The standard InChI is InChI=1S/C20H23N3O3/c24-19(20(25)22-17-4-2-1-3-5-17)21-11-10-16-6-8-18(9-7-16)23-12-14-26-15-13-23/h1-9H,10-15H2,(H,21,24)(H,22,25). The number of rotatable bonds is 5. The van der Waals surface area contributed by atoms with Gasteiger partial charge in [-0.15, -0.1) is 0 Å². The summed E-state index contributed by atoms with van der Waals surface area (Å²) in [5, 5.41) is 5.22. The molecule has 26 heavy (non-hydrogen) atoms. The first kappa shape index (κ1) is 17.9. The minimum absolute atomic E-state index is 0.415. The summed E-state index contributed by atoms with van der Waals surface area (Å²) in [6.45, 7) is 3.76. The van der Waals surface area contributed by atoms with Gasteiger partial charge in [0.2, 0.25) is 0 Å². The van der Waals surface area contributed by atoms with E-state index in [1.165, 1.54) is 5.69 Å². The molecule has 2 aromatic carbocycles. The number of benzene rings is 2. The second-order valence-electron chi connectivity index (χ2n) is 6.09. The van der Waals surface area contributed by atoms with Crippen LogP contribution in [0.3, 0.4) is 0 Å². The fourth-order valence-electron chi connectivity index (χ4n) is 2.80. The second kappa shape index (κ2) is 9.01. The maximum Gasteiger partial charge on any atom is 0.313 e. The van der Waals surface area contributed by atoms with Gasteiger partial charge in [0.05, 0.1) is 13.2 Å². The Balaban J connectivity index is 1.42. The topological polar surface area (TPSA) is 70.7 Å². The zero-order valence-corrected chi connectivity index (χ0v) is 14.6. The van der Waals surface area contributed by atoms with E-state index in [2.05, 4.69) is 39.8 Å². The van der Waals surface area contributed by atoms with E-state index in [1.54, 1.807) is 24.3 Å². The first-order chi connectivity index (χ1) is 12.7. The van der Waals surface area contributed by atoms with Crippen molar-refractivity contribution in [3.63, 3.8) is 0 Å². The van der Waals surface area contributed by atoms with Crippen LogP contribution in [0.4, 0.5) is 11.4 Å². The van der Waals surface area contributed by atoms with E-state index in [4.69, 9.17) is 4.74 Å². The lowest BCUT2D eigenvalue weighted by molar-refractivity contribution is -0.136. The summed E-state index contributed by atoms with van der Waals surface area (Å²) < 4.78 is 5.36. The third-order valence-corrected chi connectivity index (χ3v) is 4.25. The van der Waals surface area contributed by atoms with Gasteiger partial charge in [-0.1, -0.05) is 30.3 Å². The van der Waals surface area contributed by atoms with Crippen LogP contribution in [0.5, 0.6) is 0 Å². The van der Waals surface area contributed by atoms with Crippen molar-refractivity contribution in [1.29, 1.82) is 0 Å². The smallest absolute Gasteiger partial charge is 0.313 e. The van der Waals surface area contributed by atoms with E-state index < -0.39 is 11.8 Å². The van der Waals surface area contributed by atoms with Crippen LogP contribution in [0.1, 0.15) is 5.56 Å². The SMILES string of the molecule is O=C(NCCc1ccc(N2CCOCC2)cc1)C(=O)Nc1ccccc1. The highest BCUT2D eigenvalue weighted by Crippen LogP contribution is 2.16.